The number of hydrogen-bond acceptors (Lipinski definition) is 5. The molecule has 3 aromatic rings. The number of anilines is 2. The number of ether oxygens (including phenoxy) is 1. The second-order valence-electron chi connectivity index (χ2n) is 6.03. The average Bonchev–Trinajstić information content (AvgIpc) is 2.73. The Kier molecular flexibility index (Phi) is 8.00. The van der Waals surface area contributed by atoms with Crippen molar-refractivity contribution in [1.29, 1.82) is 0 Å². The highest BCUT2D eigenvalue weighted by Crippen LogP contribution is 2.18. The van der Waals surface area contributed by atoms with Crippen molar-refractivity contribution in [2.75, 3.05) is 11.1 Å². The predicted molar refractivity (Wildman–Crippen MR) is 114 cm³/mol. The highest BCUT2D eigenvalue weighted by Gasteiger charge is 2.08. The van der Waals surface area contributed by atoms with Crippen molar-refractivity contribution in [1.82, 2.24) is 10.3 Å². The summed E-state index contributed by atoms with van der Waals surface area (Å²) >= 11 is 0. The van der Waals surface area contributed by atoms with Crippen molar-refractivity contribution in [2.24, 2.45) is 0 Å². The molecule has 2 aromatic carbocycles. The lowest BCUT2D eigenvalue weighted by molar-refractivity contribution is 0.102. The molecular weight excluding hydrogens is 392 g/mol. The lowest BCUT2D eigenvalue weighted by Gasteiger charge is -2.09. The number of nitrogens with two attached hydrogens (primary N) is 1. The van der Waals surface area contributed by atoms with Gasteiger partial charge in [0.25, 0.3) is 5.91 Å². The fourth-order valence-corrected chi connectivity index (χ4v) is 2.44. The first-order valence-electron chi connectivity index (χ1n) is 8.66. The predicted octanol–water partition coefficient (Wildman–Crippen LogP) is 3.76. The van der Waals surface area contributed by atoms with Crippen LogP contribution < -0.4 is 16.4 Å². The molecule has 4 N–H and O–H groups in total. The van der Waals surface area contributed by atoms with Gasteiger partial charge in [0.15, 0.2) is 0 Å². The summed E-state index contributed by atoms with van der Waals surface area (Å²) in [5.41, 5.74) is 9.04. The molecule has 7 nitrogen and oxygen atoms in total. The molecule has 8 heteroatoms. The molecule has 0 saturated heterocycles. The first-order chi connectivity index (χ1) is 13.6. The van der Waals surface area contributed by atoms with E-state index in [4.69, 9.17) is 10.5 Å². The first kappa shape index (κ1) is 21.7. The third-order valence-corrected chi connectivity index (χ3v) is 3.95. The molecule has 0 bridgehead atoms. The Morgan fingerprint density at radius 3 is 2.41 bits per heavy atom. The van der Waals surface area contributed by atoms with Gasteiger partial charge in [0.2, 0.25) is 0 Å². The van der Waals surface area contributed by atoms with Gasteiger partial charge < -0.3 is 21.1 Å². The molecule has 2 amide bonds. The summed E-state index contributed by atoms with van der Waals surface area (Å²) in [7, 11) is 0. The highest BCUT2D eigenvalue weighted by molar-refractivity contribution is 6.05. The van der Waals surface area contributed by atoms with Crippen LogP contribution in [0.2, 0.25) is 0 Å². The number of alkyl carbamates (subject to hydrolysis) is 1. The van der Waals surface area contributed by atoms with Gasteiger partial charge in [-0.3, -0.25) is 9.78 Å². The fourth-order valence-electron chi connectivity index (χ4n) is 2.44. The third-order valence-electron chi connectivity index (χ3n) is 3.95. The molecule has 0 aliphatic carbocycles. The van der Waals surface area contributed by atoms with Crippen LogP contribution >= 0.6 is 12.4 Å². The molecular formula is C21H21ClN4O3. The number of hydrogen-bond donors (Lipinski definition) is 3. The minimum atomic E-state index is -0.523. The molecule has 1 heterocycles. The lowest BCUT2D eigenvalue weighted by Crippen LogP contribution is -2.23. The maximum Gasteiger partial charge on any atom is 0.407 e. The number of para-hydroxylation sites is 2. The van der Waals surface area contributed by atoms with E-state index in [1.165, 1.54) is 0 Å². The minimum absolute atomic E-state index is 0. The second-order valence-corrected chi connectivity index (χ2v) is 6.03. The Balaban J connectivity index is 0.00000300. The van der Waals surface area contributed by atoms with Crippen LogP contribution in [-0.2, 0) is 17.9 Å². The van der Waals surface area contributed by atoms with E-state index < -0.39 is 6.09 Å². The quantitative estimate of drug-likeness (QED) is 0.534. The standard InChI is InChI=1S/C21H20N4O3.ClH/c22-18-5-1-2-6-19(18)25-20(26)17-9-7-15(8-10-17)13-24-21(27)28-14-16-4-3-11-23-12-16;/h1-12H,13-14,22H2,(H,24,27)(H,25,26);1H. The van der Waals surface area contributed by atoms with Crippen molar-refractivity contribution in [3.05, 3.63) is 89.7 Å². The molecule has 0 fully saturated rings. The summed E-state index contributed by atoms with van der Waals surface area (Å²) < 4.78 is 5.12. The number of pyridine rings is 1. The van der Waals surface area contributed by atoms with E-state index in [0.29, 0.717) is 23.5 Å². The van der Waals surface area contributed by atoms with E-state index >= 15 is 0 Å². The largest absolute Gasteiger partial charge is 0.445 e. The molecule has 0 aliphatic heterocycles. The summed E-state index contributed by atoms with van der Waals surface area (Å²) in [4.78, 5) is 28.0. The lowest BCUT2D eigenvalue weighted by atomic mass is 10.1. The zero-order chi connectivity index (χ0) is 19.8. The number of benzene rings is 2. The number of aromatic nitrogens is 1. The molecule has 0 spiro atoms. The number of nitrogens with one attached hydrogen (secondary N) is 2. The average molecular weight is 413 g/mol. The van der Waals surface area contributed by atoms with Crippen molar-refractivity contribution in [3.63, 3.8) is 0 Å². The van der Waals surface area contributed by atoms with Crippen LogP contribution in [0.25, 0.3) is 0 Å². The van der Waals surface area contributed by atoms with E-state index in [2.05, 4.69) is 15.6 Å². The molecule has 0 unspecified atom stereocenters. The van der Waals surface area contributed by atoms with Gasteiger partial charge in [0, 0.05) is 30.1 Å². The van der Waals surface area contributed by atoms with Crippen LogP contribution in [-0.4, -0.2) is 17.0 Å². The Morgan fingerprint density at radius 2 is 1.72 bits per heavy atom. The van der Waals surface area contributed by atoms with Crippen LogP contribution in [0.5, 0.6) is 0 Å². The number of rotatable bonds is 6. The Labute approximate surface area is 174 Å². The number of carbonyl (C=O) groups excluding carboxylic acids is 2. The van der Waals surface area contributed by atoms with E-state index in [0.717, 1.165) is 11.1 Å². The molecule has 29 heavy (non-hydrogen) atoms. The second kappa shape index (κ2) is 10.7. The zero-order valence-electron chi connectivity index (χ0n) is 15.5. The first-order valence-corrected chi connectivity index (χ1v) is 8.66. The van der Waals surface area contributed by atoms with Crippen LogP contribution in [0, 0.1) is 0 Å². The normalized spacial score (nSPS) is 9.79. The van der Waals surface area contributed by atoms with Crippen molar-refractivity contribution >= 4 is 35.8 Å². The van der Waals surface area contributed by atoms with Crippen LogP contribution in [0.3, 0.4) is 0 Å². The SMILES string of the molecule is Cl.Nc1ccccc1NC(=O)c1ccc(CNC(=O)OCc2cccnc2)cc1. The maximum absolute atomic E-state index is 12.3. The molecule has 1 aromatic heterocycles. The van der Waals surface area contributed by atoms with Gasteiger partial charge in [-0.2, -0.15) is 0 Å². The summed E-state index contributed by atoms with van der Waals surface area (Å²) in [6, 6.07) is 17.6. The van der Waals surface area contributed by atoms with Crippen LogP contribution in [0.15, 0.2) is 73.1 Å². The minimum Gasteiger partial charge on any atom is -0.445 e. The van der Waals surface area contributed by atoms with Gasteiger partial charge in [0.05, 0.1) is 11.4 Å². The fraction of sp³-hybridized carbons (Fsp3) is 0.0952. The molecule has 0 atom stereocenters. The molecule has 150 valence electrons. The van der Waals surface area contributed by atoms with Gasteiger partial charge in [-0.15, -0.1) is 12.4 Å². The molecule has 0 saturated carbocycles. The Hall–Kier alpha value is -3.58. The maximum atomic E-state index is 12.3. The monoisotopic (exact) mass is 412 g/mol. The summed E-state index contributed by atoms with van der Waals surface area (Å²) in [5.74, 6) is -0.256. The van der Waals surface area contributed by atoms with E-state index in [9.17, 15) is 9.59 Å². The van der Waals surface area contributed by atoms with Gasteiger partial charge >= 0.3 is 6.09 Å². The topological polar surface area (TPSA) is 106 Å². The molecule has 3 rings (SSSR count). The number of nitrogen functional groups attached to an aromatic ring is 1. The van der Waals surface area contributed by atoms with E-state index in [-0.39, 0.29) is 24.9 Å². The smallest absolute Gasteiger partial charge is 0.407 e. The summed E-state index contributed by atoms with van der Waals surface area (Å²) in [6.07, 6.45) is 2.77. The van der Waals surface area contributed by atoms with Crippen molar-refractivity contribution < 1.29 is 14.3 Å². The highest BCUT2D eigenvalue weighted by atomic mass is 35.5. The van der Waals surface area contributed by atoms with Crippen molar-refractivity contribution in [2.45, 2.75) is 13.2 Å². The number of halogens is 1. The summed E-state index contributed by atoms with van der Waals surface area (Å²) in [5, 5.41) is 5.44. The number of nitrogens with zero attached hydrogens (tertiary/aromatic N) is 1. The van der Waals surface area contributed by atoms with E-state index in [1.54, 1.807) is 67.0 Å². The van der Waals surface area contributed by atoms with Gasteiger partial charge in [-0.05, 0) is 35.9 Å². The van der Waals surface area contributed by atoms with Gasteiger partial charge in [-0.25, -0.2) is 4.79 Å². The third kappa shape index (κ3) is 6.51. The summed E-state index contributed by atoms with van der Waals surface area (Å²) in [6.45, 7) is 0.445. The van der Waals surface area contributed by atoms with Gasteiger partial charge in [-0.1, -0.05) is 30.3 Å². The van der Waals surface area contributed by atoms with Crippen molar-refractivity contribution in [3.8, 4) is 0 Å². The molecule has 0 aliphatic rings. The Morgan fingerprint density at radius 1 is 0.966 bits per heavy atom. The number of amides is 2. The Bertz CT molecular complexity index is 950. The zero-order valence-corrected chi connectivity index (χ0v) is 16.3. The van der Waals surface area contributed by atoms with E-state index in [1.807, 2.05) is 6.07 Å². The van der Waals surface area contributed by atoms with Gasteiger partial charge in [0.1, 0.15) is 6.61 Å². The van der Waals surface area contributed by atoms with Crippen LogP contribution in [0.4, 0.5) is 16.2 Å². The number of carbonyl (C=O) groups is 2. The van der Waals surface area contributed by atoms with Crippen LogP contribution in [0.1, 0.15) is 21.5 Å². The molecule has 0 radical (unpaired) electrons.